The molecule has 1 unspecified atom stereocenters. The highest BCUT2D eigenvalue weighted by molar-refractivity contribution is 6.31. The summed E-state index contributed by atoms with van der Waals surface area (Å²) in [5.74, 6) is 0.945. The smallest absolute Gasteiger partial charge is 0.140 e. The molecule has 0 bridgehead atoms. The monoisotopic (exact) mass is 250 g/mol. The second-order valence-electron chi connectivity index (χ2n) is 4.53. The van der Waals surface area contributed by atoms with Crippen LogP contribution in [0.4, 0.5) is 0 Å². The zero-order valence-electron chi connectivity index (χ0n) is 9.74. The van der Waals surface area contributed by atoms with Crippen molar-refractivity contribution in [1.29, 1.82) is 0 Å². The number of nitrogens with zero attached hydrogens (tertiary/aromatic N) is 1. The summed E-state index contributed by atoms with van der Waals surface area (Å²) in [6, 6.07) is 6.00. The summed E-state index contributed by atoms with van der Waals surface area (Å²) in [6.07, 6.45) is 0.978. The second kappa shape index (κ2) is 4.31. The van der Waals surface area contributed by atoms with Gasteiger partial charge in [-0.05, 0) is 24.1 Å². The van der Waals surface area contributed by atoms with Crippen LogP contribution in [-0.2, 0) is 11.2 Å². The van der Waals surface area contributed by atoms with Crippen molar-refractivity contribution in [3.63, 3.8) is 0 Å². The lowest BCUT2D eigenvalue weighted by Crippen LogP contribution is -2.34. The van der Waals surface area contributed by atoms with Crippen LogP contribution in [0.1, 0.15) is 24.2 Å². The van der Waals surface area contributed by atoms with Crippen LogP contribution < -0.4 is 5.32 Å². The molecule has 2 atom stereocenters. The van der Waals surface area contributed by atoms with Crippen LogP contribution in [0.3, 0.4) is 0 Å². The molecule has 0 saturated heterocycles. The maximum atomic E-state index is 6.26. The molecule has 1 aromatic carbocycles. The number of hydrogen-bond donors (Lipinski definition) is 1. The number of amidine groups is 1. The van der Waals surface area contributed by atoms with Crippen LogP contribution in [0.15, 0.2) is 23.2 Å². The van der Waals surface area contributed by atoms with E-state index in [0.29, 0.717) is 0 Å². The minimum Gasteiger partial charge on any atom is -0.369 e. The Balaban J connectivity index is 2.04. The Morgan fingerprint density at radius 1 is 1.47 bits per heavy atom. The molecule has 2 heterocycles. The van der Waals surface area contributed by atoms with E-state index in [1.807, 2.05) is 12.1 Å². The van der Waals surface area contributed by atoms with E-state index in [2.05, 4.69) is 23.3 Å². The molecule has 0 spiro atoms. The quantitative estimate of drug-likeness (QED) is 0.830. The van der Waals surface area contributed by atoms with Crippen LogP contribution >= 0.6 is 11.6 Å². The van der Waals surface area contributed by atoms with E-state index in [4.69, 9.17) is 16.3 Å². The van der Waals surface area contributed by atoms with Gasteiger partial charge in [-0.2, -0.15) is 0 Å². The van der Waals surface area contributed by atoms with E-state index in [1.54, 1.807) is 0 Å². The van der Waals surface area contributed by atoms with Gasteiger partial charge in [0, 0.05) is 18.0 Å². The van der Waals surface area contributed by atoms with Crippen molar-refractivity contribution >= 4 is 17.4 Å². The summed E-state index contributed by atoms with van der Waals surface area (Å²) in [5.41, 5.74) is 2.36. The number of aliphatic imine (C=N–C) groups is 1. The molecule has 0 radical (unpaired) electrons. The van der Waals surface area contributed by atoms with Crippen LogP contribution in [0, 0.1) is 0 Å². The maximum Gasteiger partial charge on any atom is 0.140 e. The third-order valence-electron chi connectivity index (χ3n) is 3.25. The SMILES string of the molecule is C[C@H]1Cc2c(Cl)cccc2C(C2=NCCN2)O1. The van der Waals surface area contributed by atoms with Crippen LogP contribution in [0.2, 0.25) is 5.02 Å². The summed E-state index contributed by atoms with van der Waals surface area (Å²) in [5, 5.41) is 4.12. The molecule has 0 fully saturated rings. The highest BCUT2D eigenvalue weighted by Crippen LogP contribution is 2.35. The first kappa shape index (κ1) is 11.1. The van der Waals surface area contributed by atoms with Crippen molar-refractivity contribution in [1.82, 2.24) is 5.32 Å². The van der Waals surface area contributed by atoms with E-state index >= 15 is 0 Å². The van der Waals surface area contributed by atoms with Crippen molar-refractivity contribution in [3.8, 4) is 0 Å². The van der Waals surface area contributed by atoms with Crippen molar-refractivity contribution in [2.24, 2.45) is 4.99 Å². The largest absolute Gasteiger partial charge is 0.369 e. The zero-order chi connectivity index (χ0) is 11.8. The van der Waals surface area contributed by atoms with E-state index in [0.717, 1.165) is 35.9 Å². The van der Waals surface area contributed by atoms with Crippen molar-refractivity contribution < 1.29 is 4.74 Å². The number of ether oxygens (including phenoxy) is 1. The van der Waals surface area contributed by atoms with Crippen LogP contribution in [0.25, 0.3) is 0 Å². The first-order chi connectivity index (χ1) is 8.25. The molecule has 2 aliphatic heterocycles. The highest BCUT2D eigenvalue weighted by atomic mass is 35.5. The van der Waals surface area contributed by atoms with Gasteiger partial charge in [0.25, 0.3) is 0 Å². The maximum absolute atomic E-state index is 6.26. The van der Waals surface area contributed by atoms with E-state index in [-0.39, 0.29) is 12.2 Å². The molecule has 1 N–H and O–H groups in total. The zero-order valence-corrected chi connectivity index (χ0v) is 10.5. The molecule has 0 aliphatic carbocycles. The Hall–Kier alpha value is -1.06. The minimum atomic E-state index is -0.0741. The fraction of sp³-hybridized carbons (Fsp3) is 0.462. The van der Waals surface area contributed by atoms with E-state index in [9.17, 15) is 0 Å². The van der Waals surface area contributed by atoms with E-state index in [1.165, 1.54) is 5.56 Å². The molecule has 2 aliphatic rings. The molecule has 4 heteroatoms. The first-order valence-corrected chi connectivity index (χ1v) is 6.34. The van der Waals surface area contributed by atoms with Crippen LogP contribution in [-0.4, -0.2) is 25.0 Å². The number of halogens is 1. The Kier molecular flexibility index (Phi) is 2.81. The summed E-state index contributed by atoms with van der Waals surface area (Å²) in [6.45, 7) is 3.81. The molecule has 3 nitrogen and oxygen atoms in total. The predicted molar refractivity (Wildman–Crippen MR) is 68.7 cm³/mol. The number of benzene rings is 1. The number of rotatable bonds is 1. The fourth-order valence-corrected chi connectivity index (χ4v) is 2.74. The standard InChI is InChI=1S/C13H15ClN2O/c1-8-7-10-9(3-2-4-11(10)14)12(17-8)13-15-5-6-16-13/h2-4,8,12H,5-7H2,1H3,(H,15,16)/t8-,12?/m0/s1. The molecular weight excluding hydrogens is 236 g/mol. The summed E-state index contributed by atoms with van der Waals surface area (Å²) in [4.78, 5) is 4.46. The van der Waals surface area contributed by atoms with Crippen molar-refractivity contribution in [2.75, 3.05) is 13.1 Å². The second-order valence-corrected chi connectivity index (χ2v) is 4.94. The lowest BCUT2D eigenvalue weighted by atomic mass is 9.94. The van der Waals surface area contributed by atoms with Gasteiger partial charge in [0.1, 0.15) is 11.9 Å². The molecular formula is C13H15ClN2O. The minimum absolute atomic E-state index is 0.0741. The van der Waals surface area contributed by atoms with Gasteiger partial charge in [0.2, 0.25) is 0 Å². The Bertz CT molecular complexity index is 472. The molecule has 17 heavy (non-hydrogen) atoms. The lowest BCUT2D eigenvalue weighted by molar-refractivity contribution is 0.0209. The summed E-state index contributed by atoms with van der Waals surface area (Å²) >= 11 is 6.26. The molecule has 0 amide bonds. The van der Waals surface area contributed by atoms with Gasteiger partial charge in [-0.15, -0.1) is 0 Å². The van der Waals surface area contributed by atoms with Crippen LogP contribution in [0.5, 0.6) is 0 Å². The van der Waals surface area contributed by atoms with Gasteiger partial charge < -0.3 is 10.1 Å². The van der Waals surface area contributed by atoms with Gasteiger partial charge in [0.15, 0.2) is 0 Å². The van der Waals surface area contributed by atoms with Gasteiger partial charge >= 0.3 is 0 Å². The number of nitrogens with one attached hydrogen (secondary N) is 1. The molecule has 3 rings (SSSR count). The Morgan fingerprint density at radius 3 is 3.12 bits per heavy atom. The number of fused-ring (bicyclic) bond motifs is 1. The Labute approximate surface area is 106 Å². The third kappa shape index (κ3) is 1.94. The van der Waals surface area contributed by atoms with Gasteiger partial charge in [0.05, 0.1) is 12.6 Å². The van der Waals surface area contributed by atoms with E-state index < -0.39 is 0 Å². The van der Waals surface area contributed by atoms with Gasteiger partial charge in [-0.25, -0.2) is 0 Å². The average molecular weight is 251 g/mol. The summed E-state index contributed by atoms with van der Waals surface area (Å²) < 4.78 is 6.00. The van der Waals surface area contributed by atoms with Gasteiger partial charge in [-0.3, -0.25) is 4.99 Å². The topological polar surface area (TPSA) is 33.6 Å². The average Bonchev–Trinajstić information content (AvgIpc) is 2.83. The summed E-state index contributed by atoms with van der Waals surface area (Å²) in [7, 11) is 0. The molecule has 90 valence electrons. The molecule has 1 aromatic rings. The number of hydrogen-bond acceptors (Lipinski definition) is 3. The Morgan fingerprint density at radius 2 is 2.35 bits per heavy atom. The fourth-order valence-electron chi connectivity index (χ4n) is 2.48. The first-order valence-electron chi connectivity index (χ1n) is 5.96. The molecule has 0 aromatic heterocycles. The highest BCUT2D eigenvalue weighted by Gasteiger charge is 2.31. The van der Waals surface area contributed by atoms with Gasteiger partial charge in [-0.1, -0.05) is 23.7 Å². The molecule has 0 saturated carbocycles. The van der Waals surface area contributed by atoms with Crippen molar-refractivity contribution in [3.05, 3.63) is 34.3 Å². The normalized spacial score (nSPS) is 27.3. The third-order valence-corrected chi connectivity index (χ3v) is 3.60. The predicted octanol–water partition coefficient (Wildman–Crippen LogP) is 2.34. The lowest BCUT2D eigenvalue weighted by Gasteiger charge is -2.31. The van der Waals surface area contributed by atoms with Crippen molar-refractivity contribution in [2.45, 2.75) is 25.6 Å².